The summed E-state index contributed by atoms with van der Waals surface area (Å²) in [5.74, 6) is 0. The van der Waals surface area contributed by atoms with Gasteiger partial charge in [-0.3, -0.25) is 0 Å². The summed E-state index contributed by atoms with van der Waals surface area (Å²) >= 11 is 5.14. The Kier molecular flexibility index (Phi) is 2.86. The number of fused-ring (bicyclic) bond motifs is 1. The predicted octanol–water partition coefficient (Wildman–Crippen LogP) is 3.94. The van der Waals surface area contributed by atoms with Gasteiger partial charge in [0.05, 0.1) is 5.69 Å². The molecule has 0 saturated heterocycles. The molecule has 0 radical (unpaired) electrons. The van der Waals surface area contributed by atoms with E-state index >= 15 is 0 Å². The summed E-state index contributed by atoms with van der Waals surface area (Å²) in [6.45, 7) is 0. The Morgan fingerprint density at radius 3 is 2.53 bits per heavy atom. The molecule has 2 aromatic rings. The van der Waals surface area contributed by atoms with Crippen LogP contribution >= 0.6 is 27.7 Å². The first kappa shape index (κ1) is 11.1. The Balaban J connectivity index is 2.06. The van der Waals surface area contributed by atoms with E-state index in [1.165, 1.54) is 10.6 Å². The number of nitrogens with two attached hydrogens (primary N) is 1. The SMILES string of the molecule is NC1Sc2ccccc2N1c1ccc(Br)cc1. The Hall–Kier alpha value is -0.970. The standard InChI is InChI=1S/C13H11BrN2S/c14-9-5-7-10(8-6-9)16-11-3-1-2-4-12(11)17-13(16)15/h1-8,13H,15H2. The highest BCUT2D eigenvalue weighted by molar-refractivity contribution is 9.10. The molecule has 1 aliphatic rings. The third kappa shape index (κ3) is 1.97. The van der Waals surface area contributed by atoms with Crippen molar-refractivity contribution in [2.75, 3.05) is 4.90 Å². The van der Waals surface area contributed by atoms with E-state index < -0.39 is 0 Å². The van der Waals surface area contributed by atoms with Gasteiger partial charge < -0.3 is 10.6 Å². The molecule has 4 heteroatoms. The maximum absolute atomic E-state index is 6.18. The number of rotatable bonds is 1. The molecule has 1 aliphatic heterocycles. The molecule has 0 saturated carbocycles. The van der Waals surface area contributed by atoms with Crippen LogP contribution in [-0.2, 0) is 0 Å². The second-order valence-corrected chi connectivity index (χ2v) is 5.90. The molecule has 0 spiro atoms. The van der Waals surface area contributed by atoms with Crippen LogP contribution in [0.2, 0.25) is 0 Å². The molecule has 2 N–H and O–H groups in total. The van der Waals surface area contributed by atoms with Gasteiger partial charge in [-0.05, 0) is 36.4 Å². The summed E-state index contributed by atoms with van der Waals surface area (Å²) in [6, 6.07) is 16.5. The highest BCUT2D eigenvalue weighted by Gasteiger charge is 2.27. The number of para-hydroxylation sites is 1. The van der Waals surface area contributed by atoms with Crippen LogP contribution in [0, 0.1) is 0 Å². The summed E-state index contributed by atoms with van der Waals surface area (Å²) in [6.07, 6.45) is 0. The molecule has 0 aliphatic carbocycles. The van der Waals surface area contributed by atoms with Gasteiger partial charge in [0, 0.05) is 15.1 Å². The van der Waals surface area contributed by atoms with Crippen molar-refractivity contribution >= 4 is 39.1 Å². The van der Waals surface area contributed by atoms with Crippen LogP contribution in [0.4, 0.5) is 11.4 Å². The Morgan fingerprint density at radius 1 is 1.06 bits per heavy atom. The van der Waals surface area contributed by atoms with E-state index in [1.54, 1.807) is 11.8 Å². The van der Waals surface area contributed by atoms with E-state index in [1.807, 2.05) is 24.3 Å². The van der Waals surface area contributed by atoms with E-state index in [0.29, 0.717) is 0 Å². The molecule has 0 amide bonds. The molecule has 2 nitrogen and oxygen atoms in total. The van der Waals surface area contributed by atoms with Crippen molar-refractivity contribution in [3.05, 3.63) is 53.0 Å². The second kappa shape index (κ2) is 4.37. The first-order valence-electron chi connectivity index (χ1n) is 5.32. The minimum atomic E-state index is -0.0476. The zero-order valence-electron chi connectivity index (χ0n) is 9.01. The number of anilines is 2. The topological polar surface area (TPSA) is 29.3 Å². The molecular weight excluding hydrogens is 296 g/mol. The van der Waals surface area contributed by atoms with Gasteiger partial charge in [-0.2, -0.15) is 0 Å². The van der Waals surface area contributed by atoms with E-state index in [0.717, 1.165) is 10.2 Å². The van der Waals surface area contributed by atoms with Crippen molar-refractivity contribution in [1.82, 2.24) is 0 Å². The lowest BCUT2D eigenvalue weighted by Crippen LogP contribution is -2.31. The van der Waals surface area contributed by atoms with Crippen molar-refractivity contribution in [2.45, 2.75) is 10.4 Å². The summed E-state index contributed by atoms with van der Waals surface area (Å²) in [4.78, 5) is 3.40. The number of halogens is 1. The molecule has 1 heterocycles. The van der Waals surface area contributed by atoms with Crippen LogP contribution in [-0.4, -0.2) is 5.50 Å². The Bertz CT molecular complexity index is 541. The van der Waals surface area contributed by atoms with Crippen molar-refractivity contribution in [1.29, 1.82) is 0 Å². The number of nitrogens with zero attached hydrogens (tertiary/aromatic N) is 1. The zero-order valence-corrected chi connectivity index (χ0v) is 11.4. The second-order valence-electron chi connectivity index (χ2n) is 3.82. The zero-order chi connectivity index (χ0) is 11.8. The first-order valence-corrected chi connectivity index (χ1v) is 6.99. The fraction of sp³-hybridized carbons (Fsp3) is 0.0769. The highest BCUT2D eigenvalue weighted by atomic mass is 79.9. The average Bonchev–Trinajstić information content (AvgIpc) is 2.66. The molecule has 0 fully saturated rings. The number of hydrogen-bond acceptors (Lipinski definition) is 3. The largest absolute Gasteiger partial charge is 0.315 e. The molecule has 17 heavy (non-hydrogen) atoms. The van der Waals surface area contributed by atoms with E-state index in [4.69, 9.17) is 5.73 Å². The van der Waals surface area contributed by atoms with Crippen molar-refractivity contribution in [2.24, 2.45) is 5.73 Å². The van der Waals surface area contributed by atoms with Crippen LogP contribution in [0.1, 0.15) is 0 Å². The van der Waals surface area contributed by atoms with Gasteiger partial charge in [0.2, 0.25) is 0 Å². The lowest BCUT2D eigenvalue weighted by atomic mass is 10.2. The molecule has 3 rings (SSSR count). The molecule has 86 valence electrons. The van der Waals surface area contributed by atoms with Crippen LogP contribution < -0.4 is 10.6 Å². The molecular formula is C13H11BrN2S. The monoisotopic (exact) mass is 306 g/mol. The fourth-order valence-electron chi connectivity index (χ4n) is 1.96. The van der Waals surface area contributed by atoms with Gasteiger partial charge in [-0.1, -0.05) is 39.8 Å². The maximum atomic E-state index is 6.18. The first-order chi connectivity index (χ1) is 8.25. The van der Waals surface area contributed by atoms with Crippen molar-refractivity contribution in [3.8, 4) is 0 Å². The minimum Gasteiger partial charge on any atom is -0.315 e. The van der Waals surface area contributed by atoms with Gasteiger partial charge in [-0.25, -0.2) is 0 Å². The normalized spacial score (nSPS) is 18.2. The molecule has 0 bridgehead atoms. The lowest BCUT2D eigenvalue weighted by Gasteiger charge is -2.23. The predicted molar refractivity (Wildman–Crippen MR) is 76.6 cm³/mol. The van der Waals surface area contributed by atoms with Gasteiger partial charge in [0.25, 0.3) is 0 Å². The third-order valence-corrected chi connectivity index (χ3v) is 4.31. The third-order valence-electron chi connectivity index (χ3n) is 2.73. The van der Waals surface area contributed by atoms with Gasteiger partial charge in [0.1, 0.15) is 5.50 Å². The van der Waals surface area contributed by atoms with E-state index in [-0.39, 0.29) is 5.50 Å². The van der Waals surface area contributed by atoms with Crippen LogP contribution in [0.5, 0.6) is 0 Å². The van der Waals surface area contributed by atoms with Crippen LogP contribution in [0.25, 0.3) is 0 Å². The molecule has 0 aromatic heterocycles. The van der Waals surface area contributed by atoms with E-state index in [9.17, 15) is 0 Å². The summed E-state index contributed by atoms with van der Waals surface area (Å²) in [7, 11) is 0. The number of benzene rings is 2. The maximum Gasteiger partial charge on any atom is 0.134 e. The molecule has 1 unspecified atom stereocenters. The summed E-state index contributed by atoms with van der Waals surface area (Å²) < 4.78 is 1.08. The number of hydrogen-bond donors (Lipinski definition) is 1. The smallest absolute Gasteiger partial charge is 0.134 e. The Labute approximate surface area is 113 Å². The fourth-order valence-corrected chi connectivity index (χ4v) is 3.27. The van der Waals surface area contributed by atoms with Crippen molar-refractivity contribution in [3.63, 3.8) is 0 Å². The van der Waals surface area contributed by atoms with Crippen molar-refractivity contribution < 1.29 is 0 Å². The average molecular weight is 307 g/mol. The van der Waals surface area contributed by atoms with Crippen LogP contribution in [0.15, 0.2) is 57.9 Å². The minimum absolute atomic E-state index is 0.0476. The van der Waals surface area contributed by atoms with Crippen LogP contribution in [0.3, 0.4) is 0 Å². The summed E-state index contributed by atoms with van der Waals surface area (Å²) in [5.41, 5.74) is 8.44. The lowest BCUT2D eigenvalue weighted by molar-refractivity contribution is 0.932. The molecule has 1 atom stereocenters. The highest BCUT2D eigenvalue weighted by Crippen LogP contribution is 2.45. The van der Waals surface area contributed by atoms with E-state index in [2.05, 4.69) is 45.1 Å². The Morgan fingerprint density at radius 2 is 1.76 bits per heavy atom. The van der Waals surface area contributed by atoms with Gasteiger partial charge >= 0.3 is 0 Å². The summed E-state index contributed by atoms with van der Waals surface area (Å²) in [5, 5.41) is 0. The van der Waals surface area contributed by atoms with Gasteiger partial charge in [0.15, 0.2) is 0 Å². The van der Waals surface area contributed by atoms with Gasteiger partial charge in [-0.15, -0.1) is 0 Å². The number of thioether (sulfide) groups is 1. The molecule has 2 aromatic carbocycles. The quantitative estimate of drug-likeness (QED) is 0.865.